The van der Waals surface area contributed by atoms with Crippen molar-refractivity contribution >= 4 is 17.3 Å². The van der Waals surface area contributed by atoms with E-state index < -0.39 is 0 Å². The molecule has 0 aliphatic heterocycles. The summed E-state index contributed by atoms with van der Waals surface area (Å²) in [5.74, 6) is -0.0914. The van der Waals surface area contributed by atoms with Gasteiger partial charge in [0.15, 0.2) is 0 Å². The van der Waals surface area contributed by atoms with E-state index in [9.17, 15) is 4.79 Å². The van der Waals surface area contributed by atoms with Crippen LogP contribution in [0.15, 0.2) is 18.2 Å². The Bertz CT molecular complexity index is 436. The summed E-state index contributed by atoms with van der Waals surface area (Å²) in [6.45, 7) is 0.229. The second kappa shape index (κ2) is 5.03. The van der Waals surface area contributed by atoms with E-state index in [0.717, 1.165) is 5.69 Å². The van der Waals surface area contributed by atoms with E-state index in [1.807, 2.05) is 6.07 Å². The maximum atomic E-state index is 11.2. The number of amides is 1. The number of carbonyl (C=O) groups is 1. The number of nitrogens with one attached hydrogen (secondary N) is 1. The highest BCUT2D eigenvalue weighted by atomic mass is 16.1. The lowest BCUT2D eigenvalue weighted by Crippen LogP contribution is -2.33. The molecule has 1 aromatic carbocycles. The van der Waals surface area contributed by atoms with Gasteiger partial charge in [0, 0.05) is 14.1 Å². The van der Waals surface area contributed by atoms with Crippen LogP contribution in [0.4, 0.5) is 11.4 Å². The molecule has 0 aliphatic carbocycles. The number of hydrogen-bond donors (Lipinski definition) is 2. The van der Waals surface area contributed by atoms with Crippen molar-refractivity contribution in [1.29, 1.82) is 5.26 Å². The van der Waals surface area contributed by atoms with Gasteiger partial charge in [0.05, 0.1) is 29.6 Å². The SMILES string of the molecule is CNC(=O)CN(C)c1ccc(C#N)cc1N. The average molecular weight is 218 g/mol. The van der Waals surface area contributed by atoms with E-state index in [4.69, 9.17) is 11.0 Å². The maximum Gasteiger partial charge on any atom is 0.239 e. The van der Waals surface area contributed by atoms with Gasteiger partial charge in [0.25, 0.3) is 0 Å². The van der Waals surface area contributed by atoms with E-state index in [2.05, 4.69) is 5.32 Å². The Labute approximate surface area is 94.5 Å². The average Bonchev–Trinajstić information content (AvgIpc) is 2.28. The Balaban J connectivity index is 2.88. The summed E-state index contributed by atoms with van der Waals surface area (Å²) in [5.41, 5.74) is 7.53. The monoisotopic (exact) mass is 218 g/mol. The molecule has 0 unspecified atom stereocenters. The van der Waals surface area contributed by atoms with E-state index in [1.54, 1.807) is 37.2 Å². The third-order valence-corrected chi connectivity index (χ3v) is 2.23. The molecular formula is C11H14N4O. The molecule has 84 valence electrons. The lowest BCUT2D eigenvalue weighted by Gasteiger charge is -2.20. The minimum atomic E-state index is -0.0914. The summed E-state index contributed by atoms with van der Waals surface area (Å²) >= 11 is 0. The topological polar surface area (TPSA) is 82.2 Å². The molecule has 16 heavy (non-hydrogen) atoms. The molecule has 1 amide bonds. The molecule has 0 saturated heterocycles. The fourth-order valence-corrected chi connectivity index (χ4v) is 1.35. The maximum absolute atomic E-state index is 11.2. The normalized spacial score (nSPS) is 9.31. The van der Waals surface area contributed by atoms with Crippen LogP contribution >= 0.6 is 0 Å². The third-order valence-electron chi connectivity index (χ3n) is 2.23. The molecule has 0 fully saturated rings. The van der Waals surface area contributed by atoms with Crippen LogP contribution in [-0.2, 0) is 4.79 Å². The molecule has 5 nitrogen and oxygen atoms in total. The van der Waals surface area contributed by atoms with Crippen LogP contribution in [-0.4, -0.2) is 26.5 Å². The molecule has 5 heteroatoms. The Hall–Kier alpha value is -2.22. The van der Waals surface area contributed by atoms with E-state index >= 15 is 0 Å². The first-order chi connectivity index (χ1) is 7.58. The number of anilines is 2. The highest BCUT2D eigenvalue weighted by molar-refractivity contribution is 5.82. The smallest absolute Gasteiger partial charge is 0.239 e. The van der Waals surface area contributed by atoms with Gasteiger partial charge >= 0.3 is 0 Å². The summed E-state index contributed by atoms with van der Waals surface area (Å²) < 4.78 is 0. The summed E-state index contributed by atoms with van der Waals surface area (Å²) in [6.07, 6.45) is 0. The van der Waals surface area contributed by atoms with Crippen molar-refractivity contribution in [2.75, 3.05) is 31.3 Å². The molecule has 0 spiro atoms. The molecule has 1 aromatic rings. The molecule has 0 aliphatic rings. The van der Waals surface area contributed by atoms with Crippen molar-refractivity contribution in [2.45, 2.75) is 0 Å². The van der Waals surface area contributed by atoms with Crippen molar-refractivity contribution in [3.05, 3.63) is 23.8 Å². The van der Waals surface area contributed by atoms with Gasteiger partial charge < -0.3 is 16.0 Å². The highest BCUT2D eigenvalue weighted by Crippen LogP contribution is 2.22. The first-order valence-electron chi connectivity index (χ1n) is 4.80. The fourth-order valence-electron chi connectivity index (χ4n) is 1.35. The number of nitriles is 1. The summed E-state index contributed by atoms with van der Waals surface area (Å²) in [5, 5.41) is 11.2. The number of benzene rings is 1. The second-order valence-electron chi connectivity index (χ2n) is 3.41. The van der Waals surface area contributed by atoms with Crippen LogP contribution < -0.4 is 16.0 Å². The first-order valence-corrected chi connectivity index (χ1v) is 4.80. The van der Waals surface area contributed by atoms with Gasteiger partial charge in [-0.2, -0.15) is 5.26 Å². The fraction of sp³-hybridized carbons (Fsp3) is 0.273. The quantitative estimate of drug-likeness (QED) is 0.716. The zero-order chi connectivity index (χ0) is 12.1. The summed E-state index contributed by atoms with van der Waals surface area (Å²) in [7, 11) is 3.35. The molecule has 0 radical (unpaired) electrons. The van der Waals surface area contributed by atoms with Crippen LogP contribution in [0.2, 0.25) is 0 Å². The first kappa shape index (κ1) is 11.9. The standard InChI is InChI=1S/C11H14N4O/c1-14-11(16)7-15(2)10-4-3-8(6-12)5-9(10)13/h3-5H,7,13H2,1-2H3,(H,14,16). The van der Waals surface area contributed by atoms with Crippen LogP contribution in [0.1, 0.15) is 5.56 Å². The lowest BCUT2D eigenvalue weighted by atomic mass is 10.2. The van der Waals surface area contributed by atoms with Gasteiger partial charge in [-0.15, -0.1) is 0 Å². The largest absolute Gasteiger partial charge is 0.397 e. The Morgan fingerprint density at radius 2 is 2.31 bits per heavy atom. The zero-order valence-corrected chi connectivity index (χ0v) is 9.32. The number of hydrogen-bond acceptors (Lipinski definition) is 4. The Morgan fingerprint density at radius 1 is 1.62 bits per heavy atom. The molecule has 0 atom stereocenters. The molecule has 0 saturated carbocycles. The van der Waals surface area contributed by atoms with E-state index in [1.165, 1.54) is 0 Å². The van der Waals surface area contributed by atoms with Gasteiger partial charge in [-0.05, 0) is 18.2 Å². The summed E-state index contributed by atoms with van der Waals surface area (Å²) in [4.78, 5) is 12.9. The number of nitrogens with zero attached hydrogens (tertiary/aromatic N) is 2. The van der Waals surface area contributed by atoms with E-state index in [0.29, 0.717) is 11.3 Å². The van der Waals surface area contributed by atoms with E-state index in [-0.39, 0.29) is 12.5 Å². The molecule has 0 heterocycles. The number of nitrogen functional groups attached to an aromatic ring is 1. The molecule has 3 N–H and O–H groups in total. The lowest BCUT2D eigenvalue weighted by molar-refractivity contribution is -0.119. The van der Waals surface area contributed by atoms with Crippen molar-refractivity contribution in [1.82, 2.24) is 5.32 Å². The molecule has 0 aromatic heterocycles. The molecule has 1 rings (SSSR count). The zero-order valence-electron chi connectivity index (χ0n) is 9.32. The van der Waals surface area contributed by atoms with Gasteiger partial charge in [-0.25, -0.2) is 0 Å². The van der Waals surface area contributed by atoms with Crippen LogP contribution in [0.3, 0.4) is 0 Å². The van der Waals surface area contributed by atoms with Gasteiger partial charge in [-0.1, -0.05) is 0 Å². The number of rotatable bonds is 3. The second-order valence-corrected chi connectivity index (χ2v) is 3.41. The van der Waals surface area contributed by atoms with Crippen molar-refractivity contribution in [3.63, 3.8) is 0 Å². The van der Waals surface area contributed by atoms with Gasteiger partial charge in [-0.3, -0.25) is 4.79 Å². The highest BCUT2D eigenvalue weighted by Gasteiger charge is 2.09. The minimum absolute atomic E-state index is 0.0914. The molecule has 0 bridgehead atoms. The number of likely N-dealkylation sites (N-methyl/N-ethyl adjacent to an activating group) is 2. The van der Waals surface area contributed by atoms with Crippen molar-refractivity contribution in [2.24, 2.45) is 0 Å². The third kappa shape index (κ3) is 2.64. The Morgan fingerprint density at radius 3 is 2.81 bits per heavy atom. The van der Waals surface area contributed by atoms with Gasteiger partial charge in [0.2, 0.25) is 5.91 Å². The molecular weight excluding hydrogens is 204 g/mol. The minimum Gasteiger partial charge on any atom is -0.397 e. The van der Waals surface area contributed by atoms with Gasteiger partial charge in [0.1, 0.15) is 0 Å². The number of carbonyl (C=O) groups excluding carboxylic acids is 1. The van der Waals surface area contributed by atoms with Crippen LogP contribution in [0.5, 0.6) is 0 Å². The van der Waals surface area contributed by atoms with Crippen LogP contribution in [0, 0.1) is 11.3 Å². The van der Waals surface area contributed by atoms with Crippen molar-refractivity contribution < 1.29 is 4.79 Å². The summed E-state index contributed by atoms with van der Waals surface area (Å²) in [6, 6.07) is 7.01. The van der Waals surface area contributed by atoms with Crippen molar-refractivity contribution in [3.8, 4) is 6.07 Å². The Kier molecular flexibility index (Phi) is 3.72. The predicted molar refractivity (Wildman–Crippen MR) is 62.9 cm³/mol. The predicted octanol–water partition coefficient (Wildman–Crippen LogP) is 0.323. The van der Waals surface area contributed by atoms with Crippen LogP contribution in [0.25, 0.3) is 0 Å². The number of nitrogens with two attached hydrogens (primary N) is 1.